The van der Waals surface area contributed by atoms with Crippen molar-refractivity contribution < 1.29 is 24.2 Å². The van der Waals surface area contributed by atoms with Gasteiger partial charge in [-0.3, -0.25) is 15.6 Å². The van der Waals surface area contributed by atoms with Crippen LogP contribution in [-0.2, 0) is 13.0 Å². The number of hydrogen-bond acceptors (Lipinski definition) is 9. The lowest BCUT2D eigenvalue weighted by Crippen LogP contribution is -2.43. The molecule has 0 radical (unpaired) electrons. The summed E-state index contributed by atoms with van der Waals surface area (Å²) in [5.41, 5.74) is 11.3. The molecule has 1 amide bonds. The molecule has 0 bridgehead atoms. The Labute approximate surface area is 377 Å². The molecule has 3 aromatic carbocycles. The highest BCUT2D eigenvalue weighted by Crippen LogP contribution is 2.44. The molecule has 0 fully saturated rings. The summed E-state index contributed by atoms with van der Waals surface area (Å²) in [6.45, 7) is 13.2. The molecule has 0 unspecified atom stereocenters. The Balaban J connectivity index is 1.43. The molecule has 3 aromatic heterocycles. The number of rotatable bonds is 16. The van der Waals surface area contributed by atoms with Crippen LogP contribution in [0.1, 0.15) is 87.7 Å². The van der Waals surface area contributed by atoms with E-state index in [2.05, 4.69) is 15.0 Å². The van der Waals surface area contributed by atoms with Crippen molar-refractivity contribution in [2.75, 3.05) is 45.3 Å². The first-order valence-corrected chi connectivity index (χ1v) is 21.7. The molecule has 15 heteroatoms. The highest BCUT2D eigenvalue weighted by Gasteiger charge is 2.38. The van der Waals surface area contributed by atoms with Crippen LogP contribution in [-0.4, -0.2) is 82.1 Å². The number of nitrogens with two attached hydrogens (primary N) is 1. The molecule has 13 nitrogen and oxygen atoms in total. The van der Waals surface area contributed by atoms with Crippen molar-refractivity contribution in [1.29, 1.82) is 5.41 Å². The summed E-state index contributed by atoms with van der Waals surface area (Å²) in [6.07, 6.45) is 2.74. The smallest absolute Gasteiger partial charge is 0.352 e. The number of carbonyl (C=O) groups is 2. The highest BCUT2D eigenvalue weighted by molar-refractivity contribution is 6.37. The molecule has 0 saturated heterocycles. The summed E-state index contributed by atoms with van der Waals surface area (Å²) in [5.74, 6) is 5.81. The number of hydrazine groups is 1. The van der Waals surface area contributed by atoms with E-state index in [1.165, 1.54) is 0 Å². The Bertz CT molecular complexity index is 2800. The van der Waals surface area contributed by atoms with Gasteiger partial charge in [0.1, 0.15) is 29.5 Å². The van der Waals surface area contributed by atoms with E-state index in [-0.39, 0.29) is 36.4 Å². The van der Waals surface area contributed by atoms with E-state index in [4.69, 9.17) is 43.9 Å². The van der Waals surface area contributed by atoms with Crippen molar-refractivity contribution in [2.45, 2.75) is 67.0 Å². The molecule has 0 saturated carbocycles. The van der Waals surface area contributed by atoms with Crippen molar-refractivity contribution in [3.05, 3.63) is 121 Å². The summed E-state index contributed by atoms with van der Waals surface area (Å²) in [6, 6.07) is 16.4. The summed E-state index contributed by atoms with van der Waals surface area (Å²) in [7, 11) is 3.92. The first-order chi connectivity index (χ1) is 30.0. The summed E-state index contributed by atoms with van der Waals surface area (Å²) in [5, 5.41) is 22.0. The lowest BCUT2D eigenvalue weighted by Gasteiger charge is -2.35. The van der Waals surface area contributed by atoms with Crippen LogP contribution < -0.4 is 25.6 Å². The third-order valence-electron chi connectivity index (χ3n) is 11.6. The van der Waals surface area contributed by atoms with E-state index < -0.39 is 5.97 Å². The fourth-order valence-corrected chi connectivity index (χ4v) is 9.07. The van der Waals surface area contributed by atoms with Crippen LogP contribution in [0.5, 0.6) is 11.5 Å². The van der Waals surface area contributed by atoms with Gasteiger partial charge >= 0.3 is 5.97 Å². The van der Waals surface area contributed by atoms with Gasteiger partial charge in [-0.1, -0.05) is 29.3 Å². The second kappa shape index (κ2) is 18.5. The van der Waals surface area contributed by atoms with E-state index in [1.54, 1.807) is 35.6 Å². The lowest BCUT2D eigenvalue weighted by molar-refractivity contribution is 0.0686. The maximum atomic E-state index is 15.7. The van der Waals surface area contributed by atoms with Crippen molar-refractivity contribution >= 4 is 73.9 Å². The SMILES string of the molecule is CC(=N)/C(=C(/C)NN)c1c(Cl)ccc2c(CCCOc3cc(C)c(Cl)c(C)c3)c3n(c12)[C@H](C)CN(c1cc(OCCN(C)C)cc2cc(C(=O)O)n(Cc4cc(C)ccn4)c12)C3=O. The van der Waals surface area contributed by atoms with E-state index in [1.807, 2.05) is 95.2 Å². The van der Waals surface area contributed by atoms with Gasteiger partial charge in [0.25, 0.3) is 5.91 Å². The van der Waals surface area contributed by atoms with Gasteiger partial charge in [-0.05, 0) is 133 Å². The third-order valence-corrected chi connectivity index (χ3v) is 12.5. The van der Waals surface area contributed by atoms with Crippen LogP contribution in [0.15, 0.2) is 66.5 Å². The summed E-state index contributed by atoms with van der Waals surface area (Å²) < 4.78 is 16.3. The number of halogens is 2. The number of carbonyl (C=O) groups excluding carboxylic acids is 1. The Morgan fingerprint density at radius 3 is 2.35 bits per heavy atom. The standard InChI is InChI=1S/C48H54Cl2N8O5/c1-26-13-14-53-33(18-26)25-56-40(48(60)61)22-32-21-35(63-17-15-55(7)8)23-39(44(32)56)57-24-29(4)58-45-37(11-12-38(49)42(45)41(30(5)51)31(6)54-52)36(46(58)47(57)59)10-9-16-62-34-19-27(2)43(50)28(3)20-34/h11-14,18-23,29,51,54H,9-10,15-17,24-25,52H2,1-8H3,(H,60,61)/b41-31+,51-30?/t29-/m1/s1. The number of aromatic carboxylic acids is 1. The predicted octanol–water partition coefficient (Wildman–Crippen LogP) is 9.38. The van der Waals surface area contributed by atoms with Gasteiger partial charge in [-0.15, -0.1) is 0 Å². The predicted molar refractivity (Wildman–Crippen MR) is 252 cm³/mol. The second-order valence-electron chi connectivity index (χ2n) is 16.7. The minimum absolute atomic E-state index is 0.0582. The zero-order chi connectivity index (χ0) is 45.4. The topological polar surface area (TPSA) is 164 Å². The monoisotopic (exact) mass is 892 g/mol. The fraction of sp³-hybridized carbons (Fsp3) is 0.333. The Hall–Kier alpha value is -5.86. The maximum absolute atomic E-state index is 15.7. The number of carboxylic acids is 1. The Morgan fingerprint density at radius 2 is 1.70 bits per heavy atom. The maximum Gasteiger partial charge on any atom is 0.352 e. The van der Waals surface area contributed by atoms with Crippen molar-refractivity contribution in [2.24, 2.45) is 5.84 Å². The summed E-state index contributed by atoms with van der Waals surface area (Å²) in [4.78, 5) is 37.0. The molecule has 1 aliphatic heterocycles. The van der Waals surface area contributed by atoms with Crippen LogP contribution >= 0.6 is 23.2 Å². The normalized spacial score (nSPS) is 14.4. The molecule has 0 aliphatic carbocycles. The number of benzene rings is 3. The average molecular weight is 894 g/mol. The van der Waals surface area contributed by atoms with Crippen LogP contribution in [0.2, 0.25) is 10.0 Å². The third kappa shape index (κ3) is 8.88. The van der Waals surface area contributed by atoms with Crippen molar-refractivity contribution in [1.82, 2.24) is 24.4 Å². The average Bonchev–Trinajstić information content (AvgIpc) is 3.76. The molecule has 1 atom stereocenters. The zero-order valence-electron chi connectivity index (χ0n) is 37.0. The van der Waals surface area contributed by atoms with E-state index in [9.17, 15) is 9.90 Å². The minimum atomic E-state index is -1.11. The minimum Gasteiger partial charge on any atom is -0.494 e. The van der Waals surface area contributed by atoms with E-state index in [0.717, 1.165) is 33.2 Å². The molecule has 7 rings (SSSR count). The van der Waals surface area contributed by atoms with Gasteiger partial charge in [-0.25, -0.2) is 4.79 Å². The van der Waals surface area contributed by atoms with Gasteiger partial charge in [0, 0.05) is 69.7 Å². The molecular formula is C48H54Cl2N8O5. The van der Waals surface area contributed by atoms with Gasteiger partial charge < -0.3 is 44.3 Å². The number of carboxylic acid groups (broad SMARTS) is 1. The number of aryl methyl sites for hydroxylation is 4. The molecule has 330 valence electrons. The molecule has 1 aliphatic rings. The molecule has 5 N–H and O–H groups in total. The number of nitrogens with one attached hydrogen (secondary N) is 2. The van der Waals surface area contributed by atoms with Crippen molar-refractivity contribution in [3.63, 3.8) is 0 Å². The number of nitrogens with zero attached hydrogens (tertiary/aromatic N) is 5. The highest BCUT2D eigenvalue weighted by atomic mass is 35.5. The van der Waals surface area contributed by atoms with Crippen molar-refractivity contribution in [3.8, 4) is 11.5 Å². The summed E-state index contributed by atoms with van der Waals surface area (Å²) >= 11 is 13.5. The number of aromatic nitrogens is 3. The first kappa shape index (κ1) is 45.2. The van der Waals surface area contributed by atoms with Gasteiger partial charge in [0.15, 0.2) is 0 Å². The number of ether oxygens (including phenoxy) is 2. The molecular weight excluding hydrogens is 839 g/mol. The molecule has 63 heavy (non-hydrogen) atoms. The second-order valence-corrected chi connectivity index (χ2v) is 17.4. The number of hydrogen-bond donors (Lipinski definition) is 4. The van der Waals surface area contributed by atoms with Gasteiger partial charge in [-0.2, -0.15) is 0 Å². The quantitative estimate of drug-likeness (QED) is 0.0321. The number of amides is 1. The van der Waals surface area contributed by atoms with Gasteiger partial charge in [0.05, 0.1) is 40.6 Å². The fourth-order valence-electron chi connectivity index (χ4n) is 8.72. The van der Waals surface area contributed by atoms with Gasteiger partial charge in [0.2, 0.25) is 0 Å². The first-order valence-electron chi connectivity index (χ1n) is 20.9. The van der Waals surface area contributed by atoms with Crippen LogP contribution in [0.25, 0.3) is 27.4 Å². The zero-order valence-corrected chi connectivity index (χ0v) is 38.5. The number of fused-ring (bicyclic) bond motifs is 4. The molecule has 6 aromatic rings. The Morgan fingerprint density at radius 1 is 1.00 bits per heavy atom. The van der Waals surface area contributed by atoms with Crippen LogP contribution in [0, 0.1) is 26.2 Å². The molecule has 4 heterocycles. The number of pyridine rings is 1. The van der Waals surface area contributed by atoms with E-state index in [0.29, 0.717) is 99.0 Å². The van der Waals surface area contributed by atoms with E-state index >= 15 is 4.79 Å². The number of allylic oxidation sites excluding steroid dienone is 2. The Kier molecular flexibility index (Phi) is 13.2. The molecule has 0 spiro atoms. The lowest BCUT2D eigenvalue weighted by atomic mass is 9.96. The van der Waals surface area contributed by atoms with Crippen LogP contribution in [0.3, 0.4) is 0 Å². The largest absolute Gasteiger partial charge is 0.494 e. The number of likely N-dealkylation sites (N-methyl/N-ethyl adjacent to an activating group) is 1. The van der Waals surface area contributed by atoms with Crippen LogP contribution in [0.4, 0.5) is 5.69 Å². The number of anilines is 1.